The number of fused-ring (bicyclic) bond motifs is 1. The minimum atomic E-state index is 0.485. The lowest BCUT2D eigenvalue weighted by Gasteiger charge is -2.10. The lowest BCUT2D eigenvalue weighted by Crippen LogP contribution is -1.96. The molecule has 0 aliphatic heterocycles. The fourth-order valence-corrected chi connectivity index (χ4v) is 2.24. The van der Waals surface area contributed by atoms with Crippen LogP contribution in [0.3, 0.4) is 0 Å². The number of nitrogens with zero attached hydrogens (tertiary/aromatic N) is 1. The maximum absolute atomic E-state index is 4.70. The van der Waals surface area contributed by atoms with Crippen molar-refractivity contribution in [3.8, 4) is 0 Å². The van der Waals surface area contributed by atoms with Crippen LogP contribution in [0.4, 0.5) is 0 Å². The van der Waals surface area contributed by atoms with Crippen molar-refractivity contribution in [1.82, 2.24) is 4.98 Å². The maximum atomic E-state index is 4.70. The molecule has 1 heterocycles. The van der Waals surface area contributed by atoms with Gasteiger partial charge in [-0.3, -0.25) is 4.98 Å². The molecule has 0 N–H and O–H groups in total. The normalized spacial score (nSPS) is 11.3. The first-order valence-electron chi connectivity index (χ1n) is 5.71. The fourth-order valence-electron chi connectivity index (χ4n) is 1.88. The topological polar surface area (TPSA) is 12.9 Å². The second-order valence-corrected chi connectivity index (χ2v) is 5.29. The van der Waals surface area contributed by atoms with E-state index < -0.39 is 0 Å². The number of aromatic nitrogens is 1. The highest BCUT2D eigenvalue weighted by atomic mass is 79.9. The van der Waals surface area contributed by atoms with E-state index in [2.05, 4.69) is 61.0 Å². The summed E-state index contributed by atoms with van der Waals surface area (Å²) in [5, 5.41) is 1.27. The van der Waals surface area contributed by atoms with Crippen LogP contribution >= 0.6 is 15.9 Å². The molecule has 0 amide bonds. The second kappa shape index (κ2) is 4.54. The molecule has 0 saturated heterocycles. The van der Waals surface area contributed by atoms with Gasteiger partial charge in [-0.15, -0.1) is 0 Å². The van der Waals surface area contributed by atoms with Crippen LogP contribution in [0.1, 0.15) is 37.9 Å². The molecule has 16 heavy (non-hydrogen) atoms. The van der Waals surface area contributed by atoms with Gasteiger partial charge in [0, 0.05) is 15.6 Å². The fraction of sp³-hybridized carbons (Fsp3) is 0.357. The number of benzene rings is 1. The van der Waals surface area contributed by atoms with Gasteiger partial charge >= 0.3 is 0 Å². The summed E-state index contributed by atoms with van der Waals surface area (Å²) in [5.74, 6) is 0.485. The molecule has 0 saturated carbocycles. The zero-order chi connectivity index (χ0) is 11.7. The Kier molecular flexibility index (Phi) is 3.29. The number of hydrogen-bond acceptors (Lipinski definition) is 1. The molecule has 2 rings (SSSR count). The summed E-state index contributed by atoms with van der Waals surface area (Å²) in [7, 11) is 0. The van der Waals surface area contributed by atoms with Crippen molar-refractivity contribution in [1.29, 1.82) is 0 Å². The Morgan fingerprint density at radius 2 is 2.00 bits per heavy atom. The predicted octanol–water partition coefficient (Wildman–Crippen LogP) is 4.68. The van der Waals surface area contributed by atoms with Crippen LogP contribution in [-0.2, 0) is 6.42 Å². The minimum absolute atomic E-state index is 0.485. The van der Waals surface area contributed by atoms with Gasteiger partial charge in [0.1, 0.15) is 0 Å². The Labute approximate surface area is 105 Å². The first kappa shape index (κ1) is 11.6. The van der Waals surface area contributed by atoms with Gasteiger partial charge in [0.15, 0.2) is 0 Å². The molecule has 2 heteroatoms. The molecule has 1 aromatic heterocycles. The molecule has 0 atom stereocenters. The van der Waals surface area contributed by atoms with Crippen molar-refractivity contribution >= 4 is 26.8 Å². The van der Waals surface area contributed by atoms with E-state index in [0.29, 0.717) is 5.92 Å². The number of rotatable bonds is 2. The highest BCUT2D eigenvalue weighted by Crippen LogP contribution is 2.25. The van der Waals surface area contributed by atoms with Crippen molar-refractivity contribution in [3.63, 3.8) is 0 Å². The summed E-state index contributed by atoms with van der Waals surface area (Å²) in [5.41, 5.74) is 3.67. The van der Waals surface area contributed by atoms with Gasteiger partial charge in [-0.1, -0.05) is 36.7 Å². The number of halogens is 1. The van der Waals surface area contributed by atoms with Crippen LogP contribution in [0.25, 0.3) is 10.9 Å². The van der Waals surface area contributed by atoms with E-state index >= 15 is 0 Å². The van der Waals surface area contributed by atoms with Crippen LogP contribution in [0.15, 0.2) is 28.7 Å². The van der Waals surface area contributed by atoms with Gasteiger partial charge in [0.2, 0.25) is 0 Å². The Balaban J connectivity index is 2.73. The molecular formula is C14H16BrN. The Morgan fingerprint density at radius 1 is 1.25 bits per heavy atom. The van der Waals surface area contributed by atoms with E-state index in [0.717, 1.165) is 16.4 Å². The van der Waals surface area contributed by atoms with Crippen molar-refractivity contribution in [2.45, 2.75) is 33.1 Å². The third-order valence-corrected chi connectivity index (χ3v) is 3.34. The smallest absolute Gasteiger partial charge is 0.0708 e. The highest BCUT2D eigenvalue weighted by molar-refractivity contribution is 9.10. The minimum Gasteiger partial charge on any atom is -0.253 e. The quantitative estimate of drug-likeness (QED) is 0.777. The lowest BCUT2D eigenvalue weighted by atomic mass is 10.0. The Morgan fingerprint density at radius 3 is 2.62 bits per heavy atom. The summed E-state index contributed by atoms with van der Waals surface area (Å²) in [6.07, 6.45) is 1.05. The van der Waals surface area contributed by atoms with Crippen molar-refractivity contribution in [3.05, 3.63) is 40.0 Å². The van der Waals surface area contributed by atoms with E-state index in [1.165, 1.54) is 16.6 Å². The summed E-state index contributed by atoms with van der Waals surface area (Å²) in [6, 6.07) is 8.54. The average Bonchev–Trinajstić information content (AvgIpc) is 2.27. The predicted molar refractivity (Wildman–Crippen MR) is 72.9 cm³/mol. The monoisotopic (exact) mass is 277 g/mol. The third-order valence-electron chi connectivity index (χ3n) is 2.85. The van der Waals surface area contributed by atoms with E-state index in [1.54, 1.807) is 0 Å². The zero-order valence-corrected chi connectivity index (χ0v) is 11.5. The third kappa shape index (κ3) is 2.12. The van der Waals surface area contributed by atoms with Gasteiger partial charge in [-0.25, -0.2) is 0 Å². The molecule has 0 spiro atoms. The van der Waals surface area contributed by atoms with E-state index in [9.17, 15) is 0 Å². The second-order valence-electron chi connectivity index (χ2n) is 4.38. The molecule has 0 aliphatic rings. The summed E-state index contributed by atoms with van der Waals surface area (Å²) < 4.78 is 1.12. The molecule has 1 nitrogen and oxygen atoms in total. The highest BCUT2D eigenvalue weighted by Gasteiger charge is 2.07. The largest absolute Gasteiger partial charge is 0.253 e. The summed E-state index contributed by atoms with van der Waals surface area (Å²) >= 11 is 3.52. The standard InChI is InChI=1S/C14H16BrN/c1-4-10-7-14(9(2)3)16-13-6-5-11(15)8-12(10)13/h5-9H,4H2,1-3H3. The molecule has 2 aromatic rings. The molecular weight excluding hydrogens is 262 g/mol. The van der Waals surface area contributed by atoms with Crippen LogP contribution in [0.2, 0.25) is 0 Å². The van der Waals surface area contributed by atoms with Gasteiger partial charge < -0.3 is 0 Å². The summed E-state index contributed by atoms with van der Waals surface area (Å²) in [6.45, 7) is 6.57. The van der Waals surface area contributed by atoms with E-state index in [1.807, 2.05) is 0 Å². The Bertz CT molecular complexity index is 517. The molecule has 0 aliphatic carbocycles. The Hall–Kier alpha value is -0.890. The molecule has 0 radical (unpaired) electrons. The summed E-state index contributed by atoms with van der Waals surface area (Å²) in [4.78, 5) is 4.70. The number of aryl methyl sites for hydroxylation is 1. The van der Waals surface area contributed by atoms with Crippen molar-refractivity contribution < 1.29 is 0 Å². The van der Waals surface area contributed by atoms with Crippen LogP contribution in [-0.4, -0.2) is 4.98 Å². The van der Waals surface area contributed by atoms with Crippen LogP contribution < -0.4 is 0 Å². The number of pyridine rings is 1. The van der Waals surface area contributed by atoms with Crippen LogP contribution in [0, 0.1) is 0 Å². The van der Waals surface area contributed by atoms with Gasteiger partial charge in [-0.05, 0) is 42.2 Å². The first-order chi connectivity index (χ1) is 7.61. The van der Waals surface area contributed by atoms with Crippen LogP contribution in [0.5, 0.6) is 0 Å². The average molecular weight is 278 g/mol. The van der Waals surface area contributed by atoms with E-state index in [4.69, 9.17) is 4.98 Å². The zero-order valence-electron chi connectivity index (χ0n) is 9.92. The lowest BCUT2D eigenvalue weighted by molar-refractivity contribution is 0.826. The van der Waals surface area contributed by atoms with Gasteiger partial charge in [0.05, 0.1) is 5.52 Å². The first-order valence-corrected chi connectivity index (χ1v) is 6.50. The van der Waals surface area contributed by atoms with Crippen molar-refractivity contribution in [2.75, 3.05) is 0 Å². The molecule has 1 aromatic carbocycles. The van der Waals surface area contributed by atoms with Gasteiger partial charge in [-0.2, -0.15) is 0 Å². The maximum Gasteiger partial charge on any atom is 0.0708 e. The van der Waals surface area contributed by atoms with Crippen molar-refractivity contribution in [2.24, 2.45) is 0 Å². The SMILES string of the molecule is CCc1cc(C(C)C)nc2ccc(Br)cc12. The van der Waals surface area contributed by atoms with E-state index in [-0.39, 0.29) is 0 Å². The van der Waals surface area contributed by atoms with Gasteiger partial charge in [0.25, 0.3) is 0 Å². The number of hydrogen-bond donors (Lipinski definition) is 0. The molecule has 0 bridgehead atoms. The molecule has 0 fully saturated rings. The molecule has 0 unspecified atom stereocenters. The molecule has 84 valence electrons.